The highest BCUT2D eigenvalue weighted by Crippen LogP contribution is 2.56. The van der Waals surface area contributed by atoms with E-state index in [0.29, 0.717) is 12.8 Å². The van der Waals surface area contributed by atoms with E-state index in [4.69, 9.17) is 0 Å². The van der Waals surface area contributed by atoms with E-state index in [-0.39, 0.29) is 11.7 Å². The topological polar surface area (TPSA) is 54.4 Å². The first-order valence-corrected chi connectivity index (χ1v) is 4.97. The number of ketones is 1. The Labute approximate surface area is 84.5 Å². The van der Waals surface area contributed by atoms with Gasteiger partial charge in [-0.2, -0.15) is 0 Å². The Bertz CT molecular complexity index is 280. The highest BCUT2D eigenvalue weighted by molar-refractivity contribution is 5.83. The molecule has 1 saturated carbocycles. The van der Waals surface area contributed by atoms with E-state index in [1.54, 1.807) is 13.8 Å². The van der Waals surface area contributed by atoms with Crippen LogP contribution in [0.2, 0.25) is 0 Å². The molecular formula is C11H18O3. The monoisotopic (exact) mass is 198 g/mol. The van der Waals surface area contributed by atoms with Crippen LogP contribution < -0.4 is 0 Å². The van der Waals surface area contributed by atoms with Crippen molar-refractivity contribution >= 4 is 11.8 Å². The van der Waals surface area contributed by atoms with Crippen molar-refractivity contribution in [3.05, 3.63) is 0 Å². The summed E-state index contributed by atoms with van der Waals surface area (Å²) in [6, 6.07) is 0. The summed E-state index contributed by atoms with van der Waals surface area (Å²) in [5.74, 6) is -0.783. The average Bonchev–Trinajstić information content (AvgIpc) is 2.24. The van der Waals surface area contributed by atoms with Gasteiger partial charge < -0.3 is 5.11 Å². The Morgan fingerprint density at radius 3 is 2.00 bits per heavy atom. The first-order chi connectivity index (χ1) is 6.23. The molecule has 1 fully saturated rings. The lowest BCUT2D eigenvalue weighted by atomic mass is 9.65. The summed E-state index contributed by atoms with van der Waals surface area (Å²) in [7, 11) is 0. The number of hydrogen-bond donors (Lipinski definition) is 1. The number of aliphatic carboxylic acids is 1. The Morgan fingerprint density at radius 2 is 1.79 bits per heavy atom. The second kappa shape index (κ2) is 3.07. The third kappa shape index (κ3) is 1.26. The van der Waals surface area contributed by atoms with Crippen LogP contribution in [0.1, 0.15) is 40.5 Å². The van der Waals surface area contributed by atoms with E-state index in [1.165, 1.54) is 0 Å². The highest BCUT2D eigenvalue weighted by Gasteiger charge is 2.57. The van der Waals surface area contributed by atoms with Gasteiger partial charge in [-0.15, -0.1) is 0 Å². The number of carboxylic acid groups (broad SMARTS) is 1. The summed E-state index contributed by atoms with van der Waals surface area (Å²) < 4.78 is 0. The van der Waals surface area contributed by atoms with Gasteiger partial charge in [0.05, 0.1) is 5.41 Å². The highest BCUT2D eigenvalue weighted by atomic mass is 16.4. The molecule has 0 aromatic heterocycles. The SMILES string of the molecule is CC(=O)[C@H]1CC[C@@](C)(C(=O)O)C1(C)C. The third-order valence-corrected chi connectivity index (χ3v) is 4.19. The lowest BCUT2D eigenvalue weighted by Crippen LogP contribution is -2.42. The summed E-state index contributed by atoms with van der Waals surface area (Å²) in [6.07, 6.45) is 1.30. The lowest BCUT2D eigenvalue weighted by molar-refractivity contribution is -0.154. The summed E-state index contributed by atoms with van der Waals surface area (Å²) in [5, 5.41) is 9.20. The van der Waals surface area contributed by atoms with Crippen molar-refractivity contribution in [2.45, 2.75) is 40.5 Å². The van der Waals surface area contributed by atoms with Gasteiger partial charge in [-0.05, 0) is 32.1 Å². The van der Waals surface area contributed by atoms with E-state index < -0.39 is 16.8 Å². The van der Waals surface area contributed by atoms with Gasteiger partial charge in [0.1, 0.15) is 5.78 Å². The molecule has 0 radical (unpaired) electrons. The zero-order valence-corrected chi connectivity index (χ0v) is 9.26. The third-order valence-electron chi connectivity index (χ3n) is 4.19. The summed E-state index contributed by atoms with van der Waals surface area (Å²) in [6.45, 7) is 7.08. The van der Waals surface area contributed by atoms with Crippen LogP contribution in [0, 0.1) is 16.7 Å². The molecule has 1 N–H and O–H groups in total. The molecular weight excluding hydrogens is 180 g/mol. The molecule has 1 rings (SSSR count). The second-order valence-electron chi connectivity index (χ2n) is 5.06. The Balaban J connectivity index is 3.08. The standard InChI is InChI=1S/C11H18O3/c1-7(12)8-5-6-11(4,9(13)14)10(8,2)3/h8H,5-6H2,1-4H3,(H,13,14)/t8-,11+/m1/s1. The van der Waals surface area contributed by atoms with Crippen molar-refractivity contribution in [2.24, 2.45) is 16.7 Å². The maximum absolute atomic E-state index is 11.4. The molecule has 1 aliphatic carbocycles. The fourth-order valence-electron chi connectivity index (χ4n) is 2.59. The van der Waals surface area contributed by atoms with Gasteiger partial charge in [-0.25, -0.2) is 0 Å². The van der Waals surface area contributed by atoms with Crippen molar-refractivity contribution < 1.29 is 14.7 Å². The van der Waals surface area contributed by atoms with Gasteiger partial charge in [0, 0.05) is 5.92 Å². The Kier molecular flexibility index (Phi) is 2.46. The van der Waals surface area contributed by atoms with E-state index in [1.807, 2.05) is 13.8 Å². The van der Waals surface area contributed by atoms with E-state index in [2.05, 4.69) is 0 Å². The van der Waals surface area contributed by atoms with Crippen molar-refractivity contribution in [2.75, 3.05) is 0 Å². The molecule has 0 aromatic rings. The summed E-state index contributed by atoms with van der Waals surface area (Å²) in [4.78, 5) is 22.6. The summed E-state index contributed by atoms with van der Waals surface area (Å²) >= 11 is 0. The normalized spacial score (nSPS) is 35.6. The van der Waals surface area contributed by atoms with E-state index in [9.17, 15) is 14.7 Å². The molecule has 80 valence electrons. The van der Waals surface area contributed by atoms with Gasteiger partial charge in [0.15, 0.2) is 0 Å². The van der Waals surface area contributed by atoms with Crippen LogP contribution in [0.4, 0.5) is 0 Å². The fraction of sp³-hybridized carbons (Fsp3) is 0.818. The molecule has 0 heterocycles. The minimum Gasteiger partial charge on any atom is -0.481 e. The molecule has 0 aliphatic heterocycles. The summed E-state index contributed by atoms with van der Waals surface area (Å²) in [5.41, 5.74) is -1.20. The van der Waals surface area contributed by atoms with Gasteiger partial charge in [0.25, 0.3) is 0 Å². The van der Waals surface area contributed by atoms with Crippen molar-refractivity contribution in [1.82, 2.24) is 0 Å². The lowest BCUT2D eigenvalue weighted by Gasteiger charge is -2.37. The number of carbonyl (C=O) groups is 2. The minimum absolute atomic E-state index is 0.108. The Hall–Kier alpha value is -0.860. The van der Waals surface area contributed by atoms with Gasteiger partial charge in [-0.3, -0.25) is 9.59 Å². The average molecular weight is 198 g/mol. The molecule has 0 saturated heterocycles. The predicted octanol–water partition coefficient (Wildman–Crippen LogP) is 2.10. The molecule has 1 aliphatic rings. The van der Waals surface area contributed by atoms with Crippen LogP contribution in [0.15, 0.2) is 0 Å². The number of Topliss-reactive ketones (excluding diaryl/α,β-unsaturated/α-hetero) is 1. The molecule has 14 heavy (non-hydrogen) atoms. The van der Waals surface area contributed by atoms with Gasteiger partial charge in [-0.1, -0.05) is 13.8 Å². The second-order valence-corrected chi connectivity index (χ2v) is 5.06. The Morgan fingerprint density at radius 1 is 1.29 bits per heavy atom. The first kappa shape index (κ1) is 11.2. The number of carbonyl (C=O) groups excluding carboxylic acids is 1. The molecule has 2 atom stereocenters. The van der Waals surface area contributed by atoms with Crippen molar-refractivity contribution in [1.29, 1.82) is 0 Å². The molecule has 3 nitrogen and oxygen atoms in total. The number of hydrogen-bond acceptors (Lipinski definition) is 2. The molecule has 0 aromatic carbocycles. The first-order valence-electron chi connectivity index (χ1n) is 4.97. The van der Waals surface area contributed by atoms with Gasteiger partial charge in [0.2, 0.25) is 0 Å². The van der Waals surface area contributed by atoms with Crippen LogP contribution in [0.3, 0.4) is 0 Å². The van der Waals surface area contributed by atoms with E-state index >= 15 is 0 Å². The van der Waals surface area contributed by atoms with Crippen LogP contribution in [-0.4, -0.2) is 16.9 Å². The van der Waals surface area contributed by atoms with Crippen LogP contribution in [0.5, 0.6) is 0 Å². The van der Waals surface area contributed by atoms with E-state index in [0.717, 1.165) is 0 Å². The van der Waals surface area contributed by atoms with Crippen molar-refractivity contribution in [3.8, 4) is 0 Å². The molecule has 0 spiro atoms. The predicted molar refractivity (Wildman–Crippen MR) is 52.9 cm³/mol. The largest absolute Gasteiger partial charge is 0.481 e. The quantitative estimate of drug-likeness (QED) is 0.739. The van der Waals surface area contributed by atoms with Crippen molar-refractivity contribution in [3.63, 3.8) is 0 Å². The molecule has 3 heteroatoms. The minimum atomic E-state index is -0.786. The molecule has 0 bridgehead atoms. The molecule has 0 amide bonds. The van der Waals surface area contributed by atoms with Gasteiger partial charge >= 0.3 is 5.97 Å². The van der Waals surface area contributed by atoms with Crippen LogP contribution in [-0.2, 0) is 9.59 Å². The van der Waals surface area contributed by atoms with Crippen LogP contribution >= 0.6 is 0 Å². The molecule has 0 unspecified atom stereocenters. The maximum Gasteiger partial charge on any atom is 0.309 e. The number of carboxylic acids is 1. The smallest absolute Gasteiger partial charge is 0.309 e. The maximum atomic E-state index is 11.4. The zero-order chi connectivity index (χ0) is 11.1. The number of rotatable bonds is 2. The fourth-order valence-corrected chi connectivity index (χ4v) is 2.59. The van der Waals surface area contributed by atoms with Crippen LogP contribution in [0.25, 0.3) is 0 Å². The zero-order valence-electron chi connectivity index (χ0n) is 9.26.